The lowest BCUT2D eigenvalue weighted by atomic mass is 10.1. The number of benzene rings is 2. The Labute approximate surface area is 237 Å². The molecule has 0 saturated heterocycles. The van der Waals surface area contributed by atoms with Crippen LogP contribution in [0.1, 0.15) is 75.2 Å². The average molecular weight is 560 g/mol. The van der Waals surface area contributed by atoms with Crippen molar-refractivity contribution in [2.75, 3.05) is 38.2 Å². The van der Waals surface area contributed by atoms with E-state index in [2.05, 4.69) is 10.6 Å². The highest BCUT2D eigenvalue weighted by Gasteiger charge is 2.15. The summed E-state index contributed by atoms with van der Waals surface area (Å²) in [4.78, 5) is 28.1. The summed E-state index contributed by atoms with van der Waals surface area (Å²) < 4.78 is 5.76. The van der Waals surface area contributed by atoms with Crippen molar-refractivity contribution in [2.45, 2.75) is 71.5 Å². The van der Waals surface area contributed by atoms with Gasteiger partial charge < -0.3 is 35.5 Å². The summed E-state index contributed by atoms with van der Waals surface area (Å²) in [5.74, 6) is -0.507. The number of aliphatic hydroxyl groups is 2. The third-order valence-electron chi connectivity index (χ3n) is 6.35. The molecule has 2 rings (SSSR count). The maximum atomic E-state index is 12.2. The van der Waals surface area contributed by atoms with Gasteiger partial charge in [0.15, 0.2) is 0 Å². The summed E-state index contributed by atoms with van der Waals surface area (Å²) in [6.45, 7) is 5.72. The lowest BCUT2D eigenvalue weighted by molar-refractivity contribution is -0.172. The van der Waals surface area contributed by atoms with Gasteiger partial charge in [0.25, 0.3) is 0 Å². The summed E-state index contributed by atoms with van der Waals surface area (Å²) >= 11 is 0. The third-order valence-corrected chi connectivity index (χ3v) is 6.35. The van der Waals surface area contributed by atoms with Crippen LogP contribution >= 0.6 is 0 Å². The second kappa shape index (κ2) is 19.0. The number of nitrogens with one attached hydrogen (secondary N) is 2. The maximum absolute atomic E-state index is 12.2. The predicted molar refractivity (Wildman–Crippen MR) is 154 cm³/mol. The number of nitrogens with zero attached hydrogens (tertiary/aromatic N) is 1. The summed E-state index contributed by atoms with van der Waals surface area (Å²) in [5, 5.41) is 36.1. The number of hydrogen-bond donors (Lipinski definition) is 5. The Morgan fingerprint density at radius 1 is 0.975 bits per heavy atom. The Balaban J connectivity index is 1.45. The molecule has 2 aromatic carbocycles. The molecule has 0 fully saturated rings. The number of rotatable bonds is 18. The first-order valence-corrected chi connectivity index (χ1v) is 14.1. The second-order valence-electron chi connectivity index (χ2n) is 9.65. The molecule has 10 nitrogen and oxygen atoms in total. The van der Waals surface area contributed by atoms with Gasteiger partial charge >= 0.3 is 12.0 Å². The van der Waals surface area contributed by atoms with E-state index in [9.17, 15) is 24.9 Å². The molecule has 5 N–H and O–H groups in total. The van der Waals surface area contributed by atoms with Gasteiger partial charge in [-0.05, 0) is 81.0 Å². The van der Waals surface area contributed by atoms with Gasteiger partial charge in [0.05, 0.1) is 19.3 Å². The smallest absolute Gasteiger partial charge is 0.355 e. The Kier molecular flexibility index (Phi) is 15.7. The van der Waals surface area contributed by atoms with Gasteiger partial charge in [-0.25, -0.2) is 4.79 Å². The molecule has 0 aromatic heterocycles. The number of ether oxygens (including phenoxy) is 1. The lowest BCUT2D eigenvalue weighted by Crippen LogP contribution is -2.36. The van der Waals surface area contributed by atoms with E-state index >= 15 is 0 Å². The van der Waals surface area contributed by atoms with Crippen molar-refractivity contribution in [2.24, 2.45) is 0 Å². The SMILES string of the molecule is CCN(OC(C)=O)C(=O)Nc1ccc(CCCCOCCCCCCNC[C@H](O)c2ccc(O)c(CO)c2)cc1. The quantitative estimate of drug-likeness (QED) is 0.133. The van der Waals surface area contributed by atoms with E-state index < -0.39 is 18.1 Å². The van der Waals surface area contributed by atoms with Crippen molar-refractivity contribution >= 4 is 17.7 Å². The average Bonchev–Trinajstić information content (AvgIpc) is 2.95. The van der Waals surface area contributed by atoms with Crippen molar-refractivity contribution in [3.63, 3.8) is 0 Å². The molecule has 0 aliphatic carbocycles. The highest BCUT2D eigenvalue weighted by molar-refractivity contribution is 5.89. The van der Waals surface area contributed by atoms with E-state index in [0.29, 0.717) is 23.4 Å². The zero-order valence-electron chi connectivity index (χ0n) is 23.7. The number of hydroxylamine groups is 2. The zero-order chi connectivity index (χ0) is 29.2. The maximum Gasteiger partial charge on any atom is 0.355 e. The first-order chi connectivity index (χ1) is 19.3. The van der Waals surface area contributed by atoms with Crippen molar-refractivity contribution in [3.05, 3.63) is 59.2 Å². The summed E-state index contributed by atoms with van der Waals surface area (Å²) in [6, 6.07) is 11.9. The Hall–Kier alpha value is -3.18. The number of aliphatic hydroxyl groups excluding tert-OH is 2. The Morgan fingerprint density at radius 2 is 1.68 bits per heavy atom. The minimum absolute atomic E-state index is 0.0332. The molecule has 0 aliphatic rings. The molecule has 0 aliphatic heterocycles. The van der Waals surface area contributed by atoms with Crippen LogP contribution in [0.3, 0.4) is 0 Å². The lowest BCUT2D eigenvalue weighted by Gasteiger charge is -2.19. The summed E-state index contributed by atoms with van der Waals surface area (Å²) in [5.41, 5.74) is 2.91. The molecule has 222 valence electrons. The van der Waals surface area contributed by atoms with E-state index in [-0.39, 0.29) is 18.9 Å². The number of unbranched alkanes of at least 4 members (excludes halogenated alkanes) is 4. The van der Waals surface area contributed by atoms with Crippen LogP contribution in [-0.4, -0.2) is 65.2 Å². The number of carbonyl (C=O) groups is 2. The number of anilines is 1. The molecular weight excluding hydrogens is 514 g/mol. The summed E-state index contributed by atoms with van der Waals surface area (Å²) in [7, 11) is 0. The first kappa shape index (κ1) is 33.0. The largest absolute Gasteiger partial charge is 0.508 e. The predicted octanol–water partition coefficient (Wildman–Crippen LogP) is 4.44. The van der Waals surface area contributed by atoms with Crippen LogP contribution in [0, 0.1) is 0 Å². The number of aryl methyl sites for hydroxylation is 1. The number of hydrogen-bond acceptors (Lipinski definition) is 8. The number of amides is 2. The number of aromatic hydroxyl groups is 1. The van der Waals surface area contributed by atoms with E-state index in [0.717, 1.165) is 69.8 Å². The van der Waals surface area contributed by atoms with Gasteiger partial charge in [0.1, 0.15) is 5.75 Å². The van der Waals surface area contributed by atoms with E-state index in [1.54, 1.807) is 19.1 Å². The molecule has 2 aromatic rings. The molecule has 0 heterocycles. The van der Waals surface area contributed by atoms with Gasteiger partial charge in [-0.15, -0.1) is 0 Å². The van der Waals surface area contributed by atoms with Crippen LogP contribution in [-0.2, 0) is 27.4 Å². The van der Waals surface area contributed by atoms with Gasteiger partial charge in [0.2, 0.25) is 0 Å². The molecule has 0 unspecified atom stereocenters. The summed E-state index contributed by atoms with van der Waals surface area (Å²) in [6.07, 6.45) is 6.50. The van der Waals surface area contributed by atoms with E-state index in [4.69, 9.17) is 9.57 Å². The number of urea groups is 1. The van der Waals surface area contributed by atoms with E-state index in [1.165, 1.54) is 18.6 Å². The fraction of sp³-hybridized carbons (Fsp3) is 0.533. The molecule has 0 saturated carbocycles. The van der Waals surface area contributed by atoms with Gasteiger partial charge in [-0.3, -0.25) is 4.79 Å². The second-order valence-corrected chi connectivity index (χ2v) is 9.65. The molecule has 40 heavy (non-hydrogen) atoms. The minimum Gasteiger partial charge on any atom is -0.508 e. The van der Waals surface area contributed by atoms with Crippen molar-refractivity contribution in [1.29, 1.82) is 0 Å². The molecule has 10 heteroatoms. The standard InChI is InChI=1S/C30H45N3O7/c1-3-33(40-23(2)35)30(38)32-27-14-11-24(12-15-27)10-6-9-19-39-18-8-5-4-7-17-31-21-29(37)25-13-16-28(36)26(20-25)22-34/h11-16,20,29,31,34,36-37H,3-10,17-19,21-22H2,1-2H3,(H,32,38)/t29-/m0/s1. The Bertz CT molecular complexity index is 1020. The monoisotopic (exact) mass is 559 g/mol. The van der Waals surface area contributed by atoms with Crippen LogP contribution < -0.4 is 10.6 Å². The number of carbonyl (C=O) groups excluding carboxylic acids is 2. The van der Waals surface area contributed by atoms with Crippen molar-refractivity contribution in [1.82, 2.24) is 10.4 Å². The zero-order valence-corrected chi connectivity index (χ0v) is 23.7. The third kappa shape index (κ3) is 12.8. The fourth-order valence-electron chi connectivity index (χ4n) is 4.08. The normalized spacial score (nSPS) is 11.7. The molecule has 1 atom stereocenters. The molecule has 0 spiro atoms. The topological polar surface area (TPSA) is 141 Å². The van der Waals surface area contributed by atoms with Crippen LogP contribution in [0.15, 0.2) is 42.5 Å². The highest BCUT2D eigenvalue weighted by atomic mass is 16.7. The van der Waals surface area contributed by atoms with Crippen LogP contribution in [0.4, 0.5) is 10.5 Å². The first-order valence-electron chi connectivity index (χ1n) is 14.1. The van der Waals surface area contributed by atoms with Crippen molar-refractivity contribution in [3.8, 4) is 5.75 Å². The Morgan fingerprint density at radius 3 is 2.35 bits per heavy atom. The van der Waals surface area contributed by atoms with E-state index in [1.807, 2.05) is 24.3 Å². The van der Waals surface area contributed by atoms with Gasteiger partial charge in [-0.2, -0.15) is 5.06 Å². The number of phenols is 1. The van der Waals surface area contributed by atoms with Gasteiger partial charge in [-0.1, -0.05) is 31.0 Å². The van der Waals surface area contributed by atoms with Crippen LogP contribution in [0.25, 0.3) is 0 Å². The molecule has 0 radical (unpaired) electrons. The van der Waals surface area contributed by atoms with Crippen LogP contribution in [0.2, 0.25) is 0 Å². The molecule has 0 bridgehead atoms. The fourth-order valence-corrected chi connectivity index (χ4v) is 4.08. The molecular formula is C30H45N3O7. The van der Waals surface area contributed by atoms with Crippen molar-refractivity contribution < 1.29 is 34.5 Å². The van der Waals surface area contributed by atoms with Crippen LogP contribution in [0.5, 0.6) is 5.75 Å². The van der Waals surface area contributed by atoms with Gasteiger partial charge in [0, 0.05) is 37.9 Å². The highest BCUT2D eigenvalue weighted by Crippen LogP contribution is 2.22. The molecule has 2 amide bonds. The minimum atomic E-state index is -0.682.